The van der Waals surface area contributed by atoms with Gasteiger partial charge in [-0.15, -0.1) is 12.4 Å². The summed E-state index contributed by atoms with van der Waals surface area (Å²) in [7, 11) is 7.13. The van der Waals surface area contributed by atoms with Crippen LogP contribution in [0.15, 0.2) is 35.1 Å². The molecule has 20 heavy (non-hydrogen) atoms. The van der Waals surface area contributed by atoms with Crippen molar-refractivity contribution < 1.29 is 14.2 Å². The van der Waals surface area contributed by atoms with Gasteiger partial charge in [-0.25, -0.2) is 0 Å². The Labute approximate surface area is 127 Å². The maximum Gasteiger partial charge on any atom is 0.114 e. The molecule has 114 valence electrons. The average molecular weight is 302 g/mol. The van der Waals surface area contributed by atoms with E-state index in [1.54, 1.807) is 21.3 Å². The molecule has 4 nitrogen and oxygen atoms in total. The van der Waals surface area contributed by atoms with Gasteiger partial charge < -0.3 is 19.5 Å². The number of nitrogens with one attached hydrogen (secondary N) is 1. The normalized spacial score (nSPS) is 29.2. The van der Waals surface area contributed by atoms with Crippen molar-refractivity contribution >= 4 is 12.4 Å². The van der Waals surface area contributed by atoms with Crippen molar-refractivity contribution in [3.8, 4) is 0 Å². The zero-order chi connectivity index (χ0) is 13.8. The minimum atomic E-state index is -0.0572. The van der Waals surface area contributed by atoms with E-state index < -0.39 is 0 Å². The van der Waals surface area contributed by atoms with Crippen LogP contribution in [0.2, 0.25) is 0 Å². The summed E-state index contributed by atoms with van der Waals surface area (Å²) in [6.45, 7) is 0. The van der Waals surface area contributed by atoms with E-state index >= 15 is 0 Å². The molecule has 0 fully saturated rings. The van der Waals surface area contributed by atoms with Gasteiger partial charge >= 0.3 is 0 Å². The molecule has 1 N–H and O–H groups in total. The summed E-state index contributed by atoms with van der Waals surface area (Å²) in [4.78, 5) is 0. The van der Waals surface area contributed by atoms with E-state index in [1.807, 2.05) is 7.05 Å². The van der Waals surface area contributed by atoms with Crippen molar-refractivity contribution in [3.05, 3.63) is 35.1 Å². The summed E-state index contributed by atoms with van der Waals surface area (Å²) in [6.07, 6.45) is 8.00. The van der Waals surface area contributed by atoms with E-state index in [4.69, 9.17) is 14.2 Å². The third-order valence-corrected chi connectivity index (χ3v) is 3.97. The van der Waals surface area contributed by atoms with Gasteiger partial charge in [-0.1, -0.05) is 12.2 Å². The minimum Gasteiger partial charge on any atom is -0.391 e. The molecular formula is C15H24ClNO3. The lowest BCUT2D eigenvalue weighted by atomic mass is 9.83. The first-order valence-electron chi connectivity index (χ1n) is 6.60. The Morgan fingerprint density at radius 2 is 1.90 bits per heavy atom. The molecule has 0 aliphatic heterocycles. The maximum absolute atomic E-state index is 5.69. The summed E-state index contributed by atoms with van der Waals surface area (Å²) in [5, 5.41) is 3.23. The van der Waals surface area contributed by atoms with Crippen LogP contribution >= 0.6 is 12.4 Å². The Kier molecular flexibility index (Phi) is 6.76. The molecule has 0 amide bonds. The Hall–Kier alpha value is -0.810. The number of allylic oxidation sites excluding steroid dienone is 4. The van der Waals surface area contributed by atoms with Crippen molar-refractivity contribution in [2.75, 3.05) is 28.4 Å². The SMILES string of the molecule is CNC1=CC=CC2=C(C1)C(OC)C(OC)C(OC)C2.Cl. The Morgan fingerprint density at radius 1 is 1.15 bits per heavy atom. The average Bonchev–Trinajstić information content (AvgIpc) is 2.66. The third kappa shape index (κ3) is 3.26. The zero-order valence-electron chi connectivity index (χ0n) is 12.5. The highest BCUT2D eigenvalue weighted by atomic mass is 35.5. The monoisotopic (exact) mass is 301 g/mol. The predicted octanol–water partition coefficient (Wildman–Crippen LogP) is 2.22. The van der Waals surface area contributed by atoms with Crippen LogP contribution < -0.4 is 5.32 Å². The summed E-state index contributed by atoms with van der Waals surface area (Å²) >= 11 is 0. The molecule has 0 aromatic rings. The van der Waals surface area contributed by atoms with Gasteiger partial charge in [0, 0.05) is 46.9 Å². The van der Waals surface area contributed by atoms with Crippen LogP contribution in [0.25, 0.3) is 0 Å². The number of ether oxygens (including phenoxy) is 3. The number of halogens is 1. The second-order valence-electron chi connectivity index (χ2n) is 4.86. The molecule has 3 atom stereocenters. The van der Waals surface area contributed by atoms with Crippen LogP contribution in [0, 0.1) is 0 Å². The topological polar surface area (TPSA) is 39.7 Å². The van der Waals surface area contributed by atoms with Crippen molar-refractivity contribution in [1.82, 2.24) is 5.32 Å². The van der Waals surface area contributed by atoms with Gasteiger partial charge in [0.15, 0.2) is 0 Å². The first-order chi connectivity index (χ1) is 9.24. The van der Waals surface area contributed by atoms with Gasteiger partial charge in [0.05, 0.1) is 6.10 Å². The second kappa shape index (κ2) is 7.84. The fraction of sp³-hybridized carbons (Fsp3) is 0.600. The first-order valence-corrected chi connectivity index (χ1v) is 6.60. The van der Waals surface area contributed by atoms with Crippen LogP contribution in [-0.2, 0) is 14.2 Å². The lowest BCUT2D eigenvalue weighted by molar-refractivity contribution is -0.101. The number of methoxy groups -OCH3 is 3. The molecule has 0 radical (unpaired) electrons. The van der Waals surface area contributed by atoms with Crippen molar-refractivity contribution in [2.45, 2.75) is 31.2 Å². The van der Waals surface area contributed by atoms with E-state index in [0.717, 1.165) is 12.8 Å². The summed E-state index contributed by atoms with van der Waals surface area (Å²) in [5.74, 6) is 0. The zero-order valence-corrected chi connectivity index (χ0v) is 13.3. The predicted molar refractivity (Wildman–Crippen MR) is 82.2 cm³/mol. The van der Waals surface area contributed by atoms with Crippen molar-refractivity contribution in [3.63, 3.8) is 0 Å². The summed E-state index contributed by atoms with van der Waals surface area (Å²) in [6, 6.07) is 0. The van der Waals surface area contributed by atoms with Crippen LogP contribution in [0.5, 0.6) is 0 Å². The van der Waals surface area contributed by atoms with Crippen LogP contribution in [-0.4, -0.2) is 46.7 Å². The molecule has 0 bridgehead atoms. The fourth-order valence-electron chi connectivity index (χ4n) is 2.91. The largest absolute Gasteiger partial charge is 0.391 e. The highest BCUT2D eigenvalue weighted by Gasteiger charge is 2.38. The molecule has 2 aliphatic rings. The van der Waals surface area contributed by atoms with E-state index in [1.165, 1.54) is 16.8 Å². The molecule has 5 heteroatoms. The number of rotatable bonds is 4. The van der Waals surface area contributed by atoms with Gasteiger partial charge in [0.2, 0.25) is 0 Å². The Balaban J connectivity index is 0.00000200. The number of hydrogen-bond acceptors (Lipinski definition) is 4. The summed E-state index contributed by atoms with van der Waals surface area (Å²) in [5.41, 5.74) is 3.78. The molecule has 0 spiro atoms. The smallest absolute Gasteiger partial charge is 0.114 e. The third-order valence-electron chi connectivity index (χ3n) is 3.97. The molecule has 0 heterocycles. The lowest BCUT2D eigenvalue weighted by Crippen LogP contribution is -2.46. The molecule has 0 aromatic heterocycles. The van der Waals surface area contributed by atoms with Crippen LogP contribution in [0.3, 0.4) is 0 Å². The van der Waals surface area contributed by atoms with Gasteiger partial charge in [0.25, 0.3) is 0 Å². The molecule has 2 rings (SSSR count). The highest BCUT2D eigenvalue weighted by Crippen LogP contribution is 2.35. The van der Waals surface area contributed by atoms with Crippen LogP contribution in [0.4, 0.5) is 0 Å². The fourth-order valence-corrected chi connectivity index (χ4v) is 2.91. The van der Waals surface area contributed by atoms with Crippen molar-refractivity contribution in [2.24, 2.45) is 0 Å². The maximum atomic E-state index is 5.69. The molecule has 0 aromatic carbocycles. The highest BCUT2D eigenvalue weighted by molar-refractivity contribution is 5.85. The van der Waals surface area contributed by atoms with E-state index in [0.29, 0.717) is 0 Å². The van der Waals surface area contributed by atoms with E-state index in [-0.39, 0.29) is 30.7 Å². The van der Waals surface area contributed by atoms with E-state index in [2.05, 4.69) is 23.5 Å². The standard InChI is InChI=1S/C15H23NO3.ClH/c1-16-11-7-5-6-10-8-13(17-2)15(19-4)14(18-3)12(10)9-11;/h5-7,13-16H,8-9H2,1-4H3;1H. The Morgan fingerprint density at radius 3 is 2.45 bits per heavy atom. The van der Waals surface area contributed by atoms with Crippen molar-refractivity contribution in [1.29, 1.82) is 0 Å². The van der Waals surface area contributed by atoms with Gasteiger partial charge in [-0.3, -0.25) is 0 Å². The molecule has 0 saturated carbocycles. The Bertz CT molecular complexity index is 417. The quantitative estimate of drug-likeness (QED) is 0.864. The minimum absolute atomic E-state index is 0. The number of hydrogen-bond donors (Lipinski definition) is 1. The van der Waals surface area contributed by atoms with Crippen LogP contribution in [0.1, 0.15) is 12.8 Å². The molecular weight excluding hydrogens is 278 g/mol. The molecule has 2 aliphatic carbocycles. The lowest BCUT2D eigenvalue weighted by Gasteiger charge is -2.38. The van der Waals surface area contributed by atoms with E-state index in [9.17, 15) is 0 Å². The second-order valence-corrected chi connectivity index (χ2v) is 4.86. The van der Waals surface area contributed by atoms with Gasteiger partial charge in [0.1, 0.15) is 12.2 Å². The van der Waals surface area contributed by atoms with Gasteiger partial charge in [-0.05, 0) is 17.2 Å². The van der Waals surface area contributed by atoms with Gasteiger partial charge in [-0.2, -0.15) is 0 Å². The molecule has 3 unspecified atom stereocenters. The molecule has 0 saturated heterocycles. The first kappa shape index (κ1) is 17.2. The summed E-state index contributed by atoms with van der Waals surface area (Å²) < 4.78 is 16.9.